The maximum Gasteiger partial charge on any atom is 0.239 e. The summed E-state index contributed by atoms with van der Waals surface area (Å²) in [6, 6.07) is 5.63. The third-order valence-electron chi connectivity index (χ3n) is 4.63. The van der Waals surface area contributed by atoms with Crippen LogP contribution in [0.15, 0.2) is 28.6 Å². The van der Waals surface area contributed by atoms with Gasteiger partial charge in [0.15, 0.2) is 5.82 Å². The molecule has 1 aliphatic rings. The van der Waals surface area contributed by atoms with Crippen molar-refractivity contribution >= 4 is 34.7 Å². The van der Waals surface area contributed by atoms with Crippen molar-refractivity contribution < 1.29 is 9.59 Å². The number of carbonyl (C=O) groups excluding carboxylic acids is 2. The van der Waals surface area contributed by atoms with Crippen molar-refractivity contribution in [2.75, 3.05) is 45.1 Å². The van der Waals surface area contributed by atoms with Gasteiger partial charge in [-0.25, -0.2) is 9.97 Å². The monoisotopic (exact) mass is 400 g/mol. The lowest BCUT2D eigenvalue weighted by atomic mass is 10.2. The number of carbonyl (C=O) groups is 2. The van der Waals surface area contributed by atoms with Gasteiger partial charge in [0.2, 0.25) is 11.8 Å². The summed E-state index contributed by atoms with van der Waals surface area (Å²) in [7, 11) is 1.71. The summed E-state index contributed by atoms with van der Waals surface area (Å²) in [5.74, 6) is 0.973. The Labute approximate surface area is 168 Å². The maximum atomic E-state index is 12.5. The molecule has 0 unspecified atom stereocenters. The predicted octanol–water partition coefficient (Wildman–Crippen LogP) is 1.75. The van der Waals surface area contributed by atoms with E-state index in [0.29, 0.717) is 43.5 Å². The molecule has 0 saturated carbocycles. The quantitative estimate of drug-likeness (QED) is 0.772. The minimum Gasteiger partial charge on any atom is -0.340 e. The summed E-state index contributed by atoms with van der Waals surface area (Å²) in [6.07, 6.45) is 0. The third kappa shape index (κ3) is 4.99. The molecule has 0 aliphatic carbocycles. The topological polar surface area (TPSA) is 90.8 Å². The number of aromatic nitrogens is 2. The summed E-state index contributed by atoms with van der Waals surface area (Å²) in [6.45, 7) is 6.38. The molecule has 2 aromatic rings. The zero-order chi connectivity index (χ0) is 20.1. The standard InChI is InChI=1S/C19H24N6O2S/c1-13(20-3)15-11-17(23-19(21-15)16-5-4-10-28-16)22-18(27)12-24-6-8-25(9-7-24)14(2)26/h4-5,10-11H,6-9,12H2,1-3H3,(H,21,22,23,27). The largest absolute Gasteiger partial charge is 0.340 e. The number of hydrogen-bond donors (Lipinski definition) is 1. The first-order valence-electron chi connectivity index (χ1n) is 9.10. The van der Waals surface area contributed by atoms with E-state index in [9.17, 15) is 9.59 Å². The molecule has 0 radical (unpaired) electrons. The van der Waals surface area contributed by atoms with E-state index in [0.717, 1.165) is 10.6 Å². The first-order chi connectivity index (χ1) is 13.5. The Bertz CT molecular complexity index is 873. The summed E-state index contributed by atoms with van der Waals surface area (Å²) in [5, 5.41) is 4.85. The van der Waals surface area contributed by atoms with E-state index in [4.69, 9.17) is 0 Å². The molecule has 9 heteroatoms. The molecular formula is C19H24N6O2S. The van der Waals surface area contributed by atoms with E-state index < -0.39 is 0 Å². The van der Waals surface area contributed by atoms with Gasteiger partial charge in [-0.2, -0.15) is 0 Å². The van der Waals surface area contributed by atoms with Gasteiger partial charge >= 0.3 is 0 Å². The molecule has 2 amide bonds. The van der Waals surface area contributed by atoms with Crippen molar-refractivity contribution in [2.24, 2.45) is 4.99 Å². The Morgan fingerprint density at radius 1 is 1.21 bits per heavy atom. The van der Waals surface area contributed by atoms with Crippen molar-refractivity contribution in [2.45, 2.75) is 13.8 Å². The lowest BCUT2D eigenvalue weighted by molar-refractivity contribution is -0.130. The molecule has 28 heavy (non-hydrogen) atoms. The highest BCUT2D eigenvalue weighted by Gasteiger charge is 2.20. The second-order valence-corrected chi connectivity index (χ2v) is 7.53. The molecule has 1 fully saturated rings. The highest BCUT2D eigenvalue weighted by Crippen LogP contribution is 2.23. The number of rotatable bonds is 5. The third-order valence-corrected chi connectivity index (χ3v) is 5.49. The van der Waals surface area contributed by atoms with Crippen LogP contribution < -0.4 is 5.32 Å². The van der Waals surface area contributed by atoms with Crippen molar-refractivity contribution in [3.63, 3.8) is 0 Å². The summed E-state index contributed by atoms with van der Waals surface area (Å²) < 4.78 is 0. The minimum absolute atomic E-state index is 0.0756. The van der Waals surface area contributed by atoms with Crippen LogP contribution >= 0.6 is 11.3 Å². The second kappa shape index (κ2) is 9.03. The fraction of sp³-hybridized carbons (Fsp3) is 0.421. The van der Waals surface area contributed by atoms with Crippen LogP contribution in [0.5, 0.6) is 0 Å². The van der Waals surface area contributed by atoms with Crippen molar-refractivity contribution in [3.05, 3.63) is 29.3 Å². The van der Waals surface area contributed by atoms with Gasteiger partial charge in [-0.15, -0.1) is 11.3 Å². The number of aliphatic imine (C=N–C) groups is 1. The summed E-state index contributed by atoms with van der Waals surface area (Å²) >= 11 is 1.54. The zero-order valence-corrected chi connectivity index (χ0v) is 17.1. The molecule has 0 bridgehead atoms. The molecular weight excluding hydrogens is 376 g/mol. The fourth-order valence-corrected chi connectivity index (χ4v) is 3.59. The number of amides is 2. The van der Waals surface area contributed by atoms with Crippen molar-refractivity contribution in [1.82, 2.24) is 19.8 Å². The average molecular weight is 401 g/mol. The van der Waals surface area contributed by atoms with Gasteiger partial charge in [-0.1, -0.05) is 6.07 Å². The average Bonchev–Trinajstić information content (AvgIpc) is 3.22. The first-order valence-corrected chi connectivity index (χ1v) is 9.98. The Balaban J connectivity index is 1.70. The van der Waals surface area contributed by atoms with Crippen LogP contribution in [0.25, 0.3) is 10.7 Å². The Kier molecular flexibility index (Phi) is 6.48. The predicted molar refractivity (Wildman–Crippen MR) is 111 cm³/mol. The van der Waals surface area contributed by atoms with Gasteiger partial charge in [0.05, 0.1) is 22.8 Å². The second-order valence-electron chi connectivity index (χ2n) is 6.58. The van der Waals surface area contributed by atoms with Crippen LogP contribution in [0.2, 0.25) is 0 Å². The highest BCUT2D eigenvalue weighted by molar-refractivity contribution is 7.13. The zero-order valence-electron chi connectivity index (χ0n) is 16.3. The van der Waals surface area contributed by atoms with Gasteiger partial charge in [0.1, 0.15) is 5.82 Å². The Morgan fingerprint density at radius 3 is 2.57 bits per heavy atom. The fourth-order valence-electron chi connectivity index (χ4n) is 2.93. The number of hydrogen-bond acceptors (Lipinski definition) is 7. The Hall–Kier alpha value is -2.65. The minimum atomic E-state index is -0.135. The van der Waals surface area contributed by atoms with Gasteiger partial charge in [0, 0.05) is 46.2 Å². The van der Waals surface area contributed by atoms with Gasteiger partial charge < -0.3 is 10.2 Å². The van der Waals surface area contributed by atoms with Crippen molar-refractivity contribution in [3.8, 4) is 10.7 Å². The van der Waals surface area contributed by atoms with Crippen LogP contribution in [-0.4, -0.2) is 77.1 Å². The van der Waals surface area contributed by atoms with Crippen molar-refractivity contribution in [1.29, 1.82) is 0 Å². The van der Waals surface area contributed by atoms with E-state index in [1.165, 1.54) is 0 Å². The first kappa shape index (κ1) is 20.1. The molecule has 0 aromatic carbocycles. The lowest BCUT2D eigenvalue weighted by Crippen LogP contribution is -2.49. The smallest absolute Gasteiger partial charge is 0.239 e. The molecule has 3 rings (SSSR count). The molecule has 1 saturated heterocycles. The van der Waals surface area contributed by atoms with Crippen LogP contribution in [0.3, 0.4) is 0 Å². The summed E-state index contributed by atoms with van der Waals surface area (Å²) in [4.78, 5) is 42.0. The summed E-state index contributed by atoms with van der Waals surface area (Å²) in [5.41, 5.74) is 1.46. The molecule has 148 valence electrons. The van der Waals surface area contributed by atoms with Gasteiger partial charge in [0.25, 0.3) is 0 Å². The van der Waals surface area contributed by atoms with Crippen LogP contribution in [0.4, 0.5) is 5.82 Å². The van der Waals surface area contributed by atoms with E-state index >= 15 is 0 Å². The van der Waals surface area contributed by atoms with E-state index in [1.54, 1.807) is 36.3 Å². The SMILES string of the molecule is CN=C(C)c1cc(NC(=O)CN2CCN(C(C)=O)CC2)nc(-c2cccs2)n1. The maximum absolute atomic E-state index is 12.5. The number of thiophene rings is 1. The molecule has 0 atom stereocenters. The van der Waals surface area contributed by atoms with Crippen LogP contribution in [0.1, 0.15) is 19.5 Å². The molecule has 3 heterocycles. The number of anilines is 1. The lowest BCUT2D eigenvalue weighted by Gasteiger charge is -2.33. The van der Waals surface area contributed by atoms with Gasteiger partial charge in [-0.3, -0.25) is 19.5 Å². The number of piperazine rings is 1. The molecule has 0 spiro atoms. The number of nitrogens with one attached hydrogen (secondary N) is 1. The molecule has 1 aliphatic heterocycles. The normalized spacial score (nSPS) is 15.5. The van der Waals surface area contributed by atoms with E-state index in [1.807, 2.05) is 29.3 Å². The highest BCUT2D eigenvalue weighted by atomic mass is 32.1. The van der Waals surface area contributed by atoms with Crippen LogP contribution in [-0.2, 0) is 9.59 Å². The Morgan fingerprint density at radius 2 is 1.96 bits per heavy atom. The molecule has 2 aromatic heterocycles. The molecule has 1 N–H and O–H groups in total. The van der Waals surface area contributed by atoms with Gasteiger partial charge in [-0.05, 0) is 18.4 Å². The van der Waals surface area contributed by atoms with E-state index in [-0.39, 0.29) is 18.4 Å². The van der Waals surface area contributed by atoms with Crippen LogP contribution in [0, 0.1) is 0 Å². The molecule has 8 nitrogen and oxygen atoms in total. The van der Waals surface area contributed by atoms with E-state index in [2.05, 4.69) is 20.3 Å². The number of nitrogens with zero attached hydrogens (tertiary/aromatic N) is 5.